The summed E-state index contributed by atoms with van der Waals surface area (Å²) in [6.07, 6.45) is 1.66. The van der Waals surface area contributed by atoms with Crippen molar-refractivity contribution in [1.29, 1.82) is 0 Å². The Labute approximate surface area is 130 Å². The third-order valence-electron chi connectivity index (χ3n) is 2.74. The van der Waals surface area contributed by atoms with Gasteiger partial charge in [0.2, 0.25) is 0 Å². The Morgan fingerprint density at radius 2 is 2.10 bits per heavy atom. The molecule has 0 aliphatic rings. The van der Waals surface area contributed by atoms with Crippen molar-refractivity contribution in [2.75, 3.05) is 11.9 Å². The van der Waals surface area contributed by atoms with Crippen molar-refractivity contribution in [2.24, 2.45) is 7.05 Å². The summed E-state index contributed by atoms with van der Waals surface area (Å²) in [4.78, 5) is 13.0. The van der Waals surface area contributed by atoms with E-state index in [2.05, 4.69) is 45.4 Å². The normalized spacial score (nSPS) is 12.2. The maximum absolute atomic E-state index is 11.7. The van der Waals surface area contributed by atoms with Gasteiger partial charge in [-0.25, -0.2) is 4.68 Å². The molecule has 0 saturated carbocycles. The zero-order valence-electron chi connectivity index (χ0n) is 11.3. The van der Waals surface area contributed by atoms with Crippen LogP contribution in [0, 0.1) is 0 Å². The van der Waals surface area contributed by atoms with Crippen LogP contribution in [0.15, 0.2) is 50.7 Å². The standard InChI is InChI=1S/C14H16BrN3OS/c1-10(20-11-6-4-3-5-7-11)8-16-12-9-17-18(2)14(19)13(12)15/h3-7,9-10,16H,8H2,1-2H3. The second-order valence-corrected chi connectivity index (χ2v) is 6.73. The highest BCUT2D eigenvalue weighted by atomic mass is 79.9. The average Bonchev–Trinajstić information content (AvgIpc) is 2.45. The molecule has 0 saturated heterocycles. The molecule has 0 fully saturated rings. The van der Waals surface area contributed by atoms with Gasteiger partial charge in [-0.05, 0) is 28.1 Å². The smallest absolute Gasteiger partial charge is 0.282 e. The molecular formula is C14H16BrN3OS. The van der Waals surface area contributed by atoms with E-state index in [9.17, 15) is 4.79 Å². The minimum atomic E-state index is -0.140. The molecule has 106 valence electrons. The van der Waals surface area contributed by atoms with E-state index >= 15 is 0 Å². The summed E-state index contributed by atoms with van der Waals surface area (Å²) in [5.74, 6) is 0. The molecule has 0 aliphatic heterocycles. The molecule has 0 aliphatic carbocycles. The van der Waals surface area contributed by atoms with Gasteiger partial charge in [-0.1, -0.05) is 25.1 Å². The van der Waals surface area contributed by atoms with Gasteiger partial charge >= 0.3 is 0 Å². The quantitative estimate of drug-likeness (QED) is 0.838. The molecule has 1 N–H and O–H groups in total. The van der Waals surface area contributed by atoms with Crippen LogP contribution in [-0.4, -0.2) is 21.6 Å². The largest absolute Gasteiger partial charge is 0.382 e. The van der Waals surface area contributed by atoms with E-state index in [-0.39, 0.29) is 5.56 Å². The van der Waals surface area contributed by atoms with Gasteiger partial charge in [-0.15, -0.1) is 11.8 Å². The lowest BCUT2D eigenvalue weighted by Gasteiger charge is -2.14. The molecule has 1 aromatic carbocycles. The number of halogens is 1. The first-order chi connectivity index (χ1) is 9.58. The number of nitrogens with one attached hydrogen (secondary N) is 1. The van der Waals surface area contributed by atoms with E-state index in [4.69, 9.17) is 0 Å². The van der Waals surface area contributed by atoms with Crippen molar-refractivity contribution in [3.8, 4) is 0 Å². The van der Waals surface area contributed by atoms with E-state index in [1.165, 1.54) is 9.58 Å². The van der Waals surface area contributed by atoms with Gasteiger partial charge in [-0.2, -0.15) is 5.10 Å². The van der Waals surface area contributed by atoms with Crippen LogP contribution in [0.2, 0.25) is 0 Å². The summed E-state index contributed by atoms with van der Waals surface area (Å²) < 4.78 is 1.82. The monoisotopic (exact) mass is 353 g/mol. The molecule has 1 atom stereocenters. The summed E-state index contributed by atoms with van der Waals surface area (Å²) in [7, 11) is 1.63. The van der Waals surface area contributed by atoms with E-state index in [0.717, 1.165) is 12.2 Å². The van der Waals surface area contributed by atoms with E-state index in [1.807, 2.05) is 18.2 Å². The topological polar surface area (TPSA) is 46.9 Å². The van der Waals surface area contributed by atoms with Crippen LogP contribution in [0.1, 0.15) is 6.92 Å². The third kappa shape index (κ3) is 3.86. The first-order valence-corrected chi connectivity index (χ1v) is 7.92. The Balaban J connectivity index is 1.95. The fourth-order valence-corrected chi connectivity index (χ4v) is 3.11. The molecule has 0 spiro atoms. The van der Waals surface area contributed by atoms with Crippen LogP contribution in [0.3, 0.4) is 0 Å². The van der Waals surface area contributed by atoms with Crippen LogP contribution >= 0.6 is 27.7 Å². The van der Waals surface area contributed by atoms with E-state index < -0.39 is 0 Å². The van der Waals surface area contributed by atoms with Gasteiger partial charge in [0.05, 0.1) is 11.9 Å². The number of thioether (sulfide) groups is 1. The highest BCUT2D eigenvalue weighted by Crippen LogP contribution is 2.23. The van der Waals surface area contributed by atoms with Gasteiger partial charge in [0.1, 0.15) is 4.47 Å². The van der Waals surface area contributed by atoms with Gasteiger partial charge in [-0.3, -0.25) is 4.79 Å². The molecule has 2 aromatic rings. The highest BCUT2D eigenvalue weighted by molar-refractivity contribution is 9.10. The van der Waals surface area contributed by atoms with Crippen LogP contribution in [0.25, 0.3) is 0 Å². The van der Waals surface area contributed by atoms with Crippen LogP contribution < -0.4 is 10.9 Å². The number of nitrogens with zero attached hydrogens (tertiary/aromatic N) is 2. The molecule has 1 aromatic heterocycles. The summed E-state index contributed by atoms with van der Waals surface area (Å²) >= 11 is 5.10. The molecule has 4 nitrogen and oxygen atoms in total. The van der Waals surface area contributed by atoms with Crippen LogP contribution in [0.4, 0.5) is 5.69 Å². The first kappa shape index (κ1) is 15.1. The Hall–Kier alpha value is -1.27. The van der Waals surface area contributed by atoms with Crippen molar-refractivity contribution in [2.45, 2.75) is 17.1 Å². The van der Waals surface area contributed by atoms with Crippen molar-refractivity contribution in [3.05, 3.63) is 51.4 Å². The molecule has 20 heavy (non-hydrogen) atoms. The molecule has 0 amide bonds. The van der Waals surface area contributed by atoms with Crippen LogP contribution in [-0.2, 0) is 7.05 Å². The maximum Gasteiger partial charge on any atom is 0.282 e. The Morgan fingerprint density at radius 1 is 1.40 bits per heavy atom. The molecule has 0 bridgehead atoms. The number of hydrogen-bond acceptors (Lipinski definition) is 4. The summed E-state index contributed by atoms with van der Waals surface area (Å²) in [6, 6.07) is 10.3. The average molecular weight is 354 g/mol. The van der Waals surface area contributed by atoms with Crippen molar-refractivity contribution < 1.29 is 0 Å². The molecule has 2 rings (SSSR count). The first-order valence-electron chi connectivity index (χ1n) is 6.25. The fraction of sp³-hybridized carbons (Fsp3) is 0.286. The minimum absolute atomic E-state index is 0.140. The zero-order valence-corrected chi connectivity index (χ0v) is 13.7. The summed E-state index contributed by atoms with van der Waals surface area (Å²) in [5, 5.41) is 7.65. The lowest BCUT2D eigenvalue weighted by Crippen LogP contribution is -2.22. The predicted octanol–water partition coefficient (Wildman–Crippen LogP) is 3.14. The fourth-order valence-electron chi connectivity index (χ4n) is 1.66. The molecule has 0 radical (unpaired) electrons. The Kier molecular flexibility index (Phi) is 5.25. The van der Waals surface area contributed by atoms with Gasteiger partial charge in [0, 0.05) is 23.7 Å². The predicted molar refractivity (Wildman–Crippen MR) is 87.4 cm³/mol. The molecule has 1 heterocycles. The SMILES string of the molecule is CC(CNc1cnn(C)c(=O)c1Br)Sc1ccccc1. The molecule has 1 unspecified atom stereocenters. The van der Waals surface area contributed by atoms with Gasteiger partial charge < -0.3 is 5.32 Å². The van der Waals surface area contributed by atoms with Crippen molar-refractivity contribution in [1.82, 2.24) is 9.78 Å². The third-order valence-corrected chi connectivity index (χ3v) is 4.62. The zero-order chi connectivity index (χ0) is 14.5. The number of aryl methyl sites for hydroxylation is 1. The number of anilines is 1. The van der Waals surface area contributed by atoms with Crippen LogP contribution in [0.5, 0.6) is 0 Å². The number of rotatable bonds is 5. The van der Waals surface area contributed by atoms with E-state index in [1.54, 1.807) is 25.0 Å². The molecular weight excluding hydrogens is 338 g/mol. The second-order valence-electron chi connectivity index (χ2n) is 4.42. The highest BCUT2D eigenvalue weighted by Gasteiger charge is 2.09. The number of hydrogen-bond donors (Lipinski definition) is 1. The molecule has 6 heteroatoms. The van der Waals surface area contributed by atoms with Crippen molar-refractivity contribution >= 4 is 33.4 Å². The Morgan fingerprint density at radius 3 is 2.80 bits per heavy atom. The lowest BCUT2D eigenvalue weighted by molar-refractivity contribution is 0.703. The number of benzene rings is 1. The second kappa shape index (κ2) is 6.95. The maximum atomic E-state index is 11.7. The summed E-state index contributed by atoms with van der Waals surface area (Å²) in [6.45, 7) is 2.90. The van der Waals surface area contributed by atoms with Gasteiger partial charge in [0.15, 0.2) is 0 Å². The van der Waals surface area contributed by atoms with Crippen molar-refractivity contribution in [3.63, 3.8) is 0 Å². The summed E-state index contributed by atoms with van der Waals surface area (Å²) in [5.41, 5.74) is 0.590. The lowest BCUT2D eigenvalue weighted by atomic mass is 10.4. The van der Waals surface area contributed by atoms with E-state index in [0.29, 0.717) is 9.72 Å². The minimum Gasteiger partial charge on any atom is -0.382 e. The number of aromatic nitrogens is 2. The Bertz CT molecular complexity index is 630. The van der Waals surface area contributed by atoms with Gasteiger partial charge in [0.25, 0.3) is 5.56 Å².